The van der Waals surface area contributed by atoms with Gasteiger partial charge in [-0.1, -0.05) is 27.2 Å². The Morgan fingerprint density at radius 2 is 1.95 bits per heavy atom. The van der Waals surface area contributed by atoms with Crippen LogP contribution in [0.25, 0.3) is 0 Å². The first kappa shape index (κ1) is 17.5. The minimum Gasteiger partial charge on any atom is -0.449 e. The fourth-order valence-corrected chi connectivity index (χ4v) is 2.60. The van der Waals surface area contributed by atoms with E-state index in [4.69, 9.17) is 14.9 Å². The van der Waals surface area contributed by atoms with Crippen LogP contribution < -0.4 is 0 Å². The highest BCUT2D eigenvalue weighted by atomic mass is 17.2. The molecule has 0 amide bonds. The largest absolute Gasteiger partial charge is 0.513 e. The molecular weight excluding hydrogens is 276 g/mol. The average Bonchev–Trinajstić information content (AvgIpc) is 2.37. The summed E-state index contributed by atoms with van der Waals surface area (Å²) in [7, 11) is 0. The number of hydrogen-bond donors (Lipinski definition) is 1. The van der Waals surface area contributed by atoms with E-state index in [9.17, 15) is 9.59 Å². The molecule has 1 fully saturated rings. The molecule has 3 unspecified atom stereocenters. The number of esters is 1. The van der Waals surface area contributed by atoms with E-state index in [1.807, 2.05) is 0 Å². The van der Waals surface area contributed by atoms with Crippen molar-refractivity contribution in [3.8, 4) is 0 Å². The van der Waals surface area contributed by atoms with Gasteiger partial charge in [-0.2, -0.15) is 4.89 Å². The second-order valence-corrected chi connectivity index (χ2v) is 6.01. The summed E-state index contributed by atoms with van der Waals surface area (Å²) >= 11 is 0. The first-order valence-corrected chi connectivity index (χ1v) is 7.25. The Labute approximate surface area is 125 Å². The lowest BCUT2D eigenvalue weighted by molar-refractivity contribution is -0.305. The van der Waals surface area contributed by atoms with Crippen molar-refractivity contribution in [3.63, 3.8) is 0 Å². The van der Waals surface area contributed by atoms with Crippen molar-refractivity contribution in [2.24, 2.45) is 17.8 Å². The maximum atomic E-state index is 11.3. The Hall–Kier alpha value is -1.56. The zero-order valence-electron chi connectivity index (χ0n) is 13.0. The lowest BCUT2D eigenvalue weighted by atomic mass is 9.75. The van der Waals surface area contributed by atoms with Gasteiger partial charge in [0.15, 0.2) is 0 Å². The number of carbonyl (C=O) groups excluding carboxylic acids is 1. The predicted octanol–water partition coefficient (Wildman–Crippen LogP) is 3.52. The second kappa shape index (κ2) is 8.02. The Kier molecular flexibility index (Phi) is 6.68. The van der Waals surface area contributed by atoms with Crippen molar-refractivity contribution in [2.75, 3.05) is 0 Å². The van der Waals surface area contributed by atoms with Crippen LogP contribution in [0.4, 0.5) is 4.79 Å². The summed E-state index contributed by atoms with van der Waals surface area (Å²) in [5.74, 6) is 0.521. The van der Waals surface area contributed by atoms with Crippen molar-refractivity contribution in [3.05, 3.63) is 11.8 Å². The quantitative estimate of drug-likeness (QED) is 0.209. The molecule has 21 heavy (non-hydrogen) atoms. The zero-order chi connectivity index (χ0) is 16.0. The van der Waals surface area contributed by atoms with Gasteiger partial charge in [-0.3, -0.25) is 0 Å². The van der Waals surface area contributed by atoms with Crippen molar-refractivity contribution in [1.82, 2.24) is 0 Å². The van der Waals surface area contributed by atoms with Crippen LogP contribution >= 0.6 is 0 Å². The predicted molar refractivity (Wildman–Crippen MR) is 75.2 cm³/mol. The van der Waals surface area contributed by atoms with Gasteiger partial charge in [0.1, 0.15) is 12.4 Å². The molecule has 1 rings (SSSR count). The van der Waals surface area contributed by atoms with Gasteiger partial charge in [0.25, 0.3) is 0 Å². The molecule has 0 bridgehead atoms. The highest BCUT2D eigenvalue weighted by Gasteiger charge is 2.32. The van der Waals surface area contributed by atoms with Crippen LogP contribution in [0.1, 0.15) is 47.0 Å². The van der Waals surface area contributed by atoms with E-state index >= 15 is 0 Å². The van der Waals surface area contributed by atoms with E-state index in [0.29, 0.717) is 17.8 Å². The summed E-state index contributed by atoms with van der Waals surface area (Å²) in [4.78, 5) is 31.9. The molecule has 3 atom stereocenters. The molecule has 120 valence electrons. The first-order chi connectivity index (χ1) is 9.81. The number of hydrogen-bond acceptors (Lipinski definition) is 5. The molecule has 1 saturated carbocycles. The molecular formula is C15H24O6. The lowest BCUT2D eigenvalue weighted by Gasteiger charge is -2.35. The summed E-state index contributed by atoms with van der Waals surface area (Å²) in [5, 5.41) is 8.34. The maximum absolute atomic E-state index is 11.3. The smallest absolute Gasteiger partial charge is 0.449 e. The normalized spacial score (nSPS) is 26.5. The summed E-state index contributed by atoms with van der Waals surface area (Å²) in [6.07, 6.45) is 2.61. The fraction of sp³-hybridized carbons (Fsp3) is 0.733. The van der Waals surface area contributed by atoms with E-state index < -0.39 is 12.1 Å². The first-order valence-electron chi connectivity index (χ1n) is 7.25. The summed E-state index contributed by atoms with van der Waals surface area (Å²) < 4.78 is 4.00. The topological polar surface area (TPSA) is 82.1 Å². The average molecular weight is 300 g/mol. The molecule has 6 nitrogen and oxygen atoms in total. The summed E-state index contributed by atoms with van der Waals surface area (Å²) in [5.41, 5.74) is 0.0300. The van der Waals surface area contributed by atoms with Gasteiger partial charge in [-0.25, -0.2) is 9.59 Å². The minimum absolute atomic E-state index is 0.0201. The van der Waals surface area contributed by atoms with Crippen molar-refractivity contribution >= 4 is 12.1 Å². The standard InChI is InChI=1S/C15H24O6/c1-9(2)12-6-5-10(3)7-13(12)21-19-8-11(4)14(16)20-15(17)18/h8-10,12-13H,5-7H2,1-4H3,(H,17,18). The maximum Gasteiger partial charge on any atom is 0.513 e. The summed E-state index contributed by atoms with van der Waals surface area (Å²) in [6.45, 7) is 7.89. The van der Waals surface area contributed by atoms with Gasteiger partial charge in [0.2, 0.25) is 0 Å². The molecule has 0 spiro atoms. The molecule has 1 aliphatic rings. The van der Waals surface area contributed by atoms with Crippen molar-refractivity contribution in [1.29, 1.82) is 0 Å². The van der Waals surface area contributed by atoms with Crippen LogP contribution in [0.2, 0.25) is 0 Å². The molecule has 0 aromatic rings. The molecule has 0 aromatic heterocycles. The fourth-order valence-electron chi connectivity index (χ4n) is 2.60. The molecule has 0 aromatic carbocycles. The van der Waals surface area contributed by atoms with Crippen molar-refractivity contribution in [2.45, 2.75) is 53.1 Å². The minimum atomic E-state index is -1.64. The van der Waals surface area contributed by atoms with Crippen molar-refractivity contribution < 1.29 is 29.2 Å². The lowest BCUT2D eigenvalue weighted by Crippen LogP contribution is -2.34. The van der Waals surface area contributed by atoms with Gasteiger partial charge >= 0.3 is 12.1 Å². The van der Waals surface area contributed by atoms with Crippen LogP contribution in [-0.4, -0.2) is 23.3 Å². The van der Waals surface area contributed by atoms with E-state index in [1.165, 1.54) is 13.3 Å². The third-order valence-electron chi connectivity index (χ3n) is 3.87. The second-order valence-electron chi connectivity index (χ2n) is 6.01. The molecule has 0 radical (unpaired) electrons. The number of carbonyl (C=O) groups is 2. The third kappa shape index (κ3) is 5.75. The van der Waals surface area contributed by atoms with Gasteiger partial charge in [0, 0.05) is 0 Å². The van der Waals surface area contributed by atoms with Gasteiger partial charge in [0.05, 0.1) is 5.57 Å². The molecule has 0 saturated heterocycles. The third-order valence-corrected chi connectivity index (χ3v) is 3.87. The molecule has 0 heterocycles. The van der Waals surface area contributed by atoms with Crippen LogP contribution in [-0.2, 0) is 19.3 Å². The molecule has 0 aliphatic heterocycles. The van der Waals surface area contributed by atoms with Crippen LogP contribution in [0.15, 0.2) is 11.8 Å². The molecule has 6 heteroatoms. The van der Waals surface area contributed by atoms with E-state index in [2.05, 4.69) is 25.5 Å². The van der Waals surface area contributed by atoms with Gasteiger partial charge in [-0.15, -0.1) is 0 Å². The Bertz CT molecular complexity index is 401. The Morgan fingerprint density at radius 3 is 2.52 bits per heavy atom. The molecule has 1 aliphatic carbocycles. The van der Waals surface area contributed by atoms with E-state index in [1.54, 1.807) is 0 Å². The van der Waals surface area contributed by atoms with Crippen LogP contribution in [0.3, 0.4) is 0 Å². The number of ether oxygens (including phenoxy) is 1. The SMILES string of the molecule is CC(=COOC1CC(C)CCC1C(C)C)C(=O)OC(=O)O. The van der Waals surface area contributed by atoms with Crippen LogP contribution in [0.5, 0.6) is 0 Å². The number of rotatable bonds is 5. The summed E-state index contributed by atoms with van der Waals surface area (Å²) in [6, 6.07) is 0. The number of carboxylic acid groups (broad SMARTS) is 1. The van der Waals surface area contributed by atoms with E-state index in [0.717, 1.165) is 19.1 Å². The van der Waals surface area contributed by atoms with Gasteiger partial charge < -0.3 is 14.7 Å². The van der Waals surface area contributed by atoms with Crippen LogP contribution in [0, 0.1) is 17.8 Å². The molecule has 1 N–H and O–H groups in total. The van der Waals surface area contributed by atoms with E-state index in [-0.39, 0.29) is 11.7 Å². The highest BCUT2D eigenvalue weighted by molar-refractivity contribution is 5.93. The zero-order valence-corrected chi connectivity index (χ0v) is 13.0. The monoisotopic (exact) mass is 300 g/mol. The highest BCUT2D eigenvalue weighted by Crippen LogP contribution is 2.35. The Balaban J connectivity index is 2.51. The van der Waals surface area contributed by atoms with Gasteiger partial charge in [-0.05, 0) is 37.5 Å². The Morgan fingerprint density at radius 1 is 1.29 bits per heavy atom.